The van der Waals surface area contributed by atoms with Crippen molar-refractivity contribution < 1.29 is 4.79 Å². The van der Waals surface area contributed by atoms with E-state index in [4.69, 9.17) is 0 Å². The van der Waals surface area contributed by atoms with E-state index in [1.165, 1.54) is 0 Å². The fourth-order valence-electron chi connectivity index (χ4n) is 1.66. The monoisotopic (exact) mass is 199 g/mol. The molecule has 0 amide bonds. The van der Waals surface area contributed by atoms with Crippen molar-refractivity contribution in [3.8, 4) is 0 Å². The Kier molecular flexibility index (Phi) is 4.51. The Bertz CT molecular complexity index is 186. The Morgan fingerprint density at radius 1 is 1.21 bits per heavy atom. The molecule has 14 heavy (non-hydrogen) atoms. The van der Waals surface area contributed by atoms with Crippen LogP contribution in [0, 0.1) is 0 Å². The first-order valence-electron chi connectivity index (χ1n) is 5.15. The molecular formula is C10H21N3O. The Morgan fingerprint density at radius 3 is 2.29 bits per heavy atom. The predicted octanol–water partition coefficient (Wildman–Crippen LogP) is -0.635. The highest BCUT2D eigenvalue weighted by Crippen LogP contribution is 1.98. The third-order valence-corrected chi connectivity index (χ3v) is 2.49. The molecule has 0 bridgehead atoms. The van der Waals surface area contributed by atoms with Crippen LogP contribution in [0.5, 0.6) is 0 Å². The van der Waals surface area contributed by atoms with E-state index in [-0.39, 0.29) is 0 Å². The number of hydrogen-bond donors (Lipinski definition) is 0. The first-order valence-corrected chi connectivity index (χ1v) is 5.15. The molecule has 1 aliphatic rings. The molecule has 0 N–H and O–H groups in total. The fraction of sp³-hybridized carbons (Fsp3) is 0.900. The number of piperazine rings is 1. The van der Waals surface area contributed by atoms with Crippen LogP contribution in [0.4, 0.5) is 0 Å². The molecule has 0 aromatic heterocycles. The second kappa shape index (κ2) is 5.44. The summed E-state index contributed by atoms with van der Waals surface area (Å²) >= 11 is 0. The van der Waals surface area contributed by atoms with Gasteiger partial charge in [-0.25, -0.2) is 0 Å². The summed E-state index contributed by atoms with van der Waals surface area (Å²) in [6.45, 7) is 5.38. The Balaban J connectivity index is 2.20. The van der Waals surface area contributed by atoms with E-state index in [0.717, 1.165) is 26.2 Å². The van der Waals surface area contributed by atoms with Gasteiger partial charge in [-0.3, -0.25) is 9.69 Å². The van der Waals surface area contributed by atoms with Crippen LogP contribution in [-0.2, 0) is 4.79 Å². The van der Waals surface area contributed by atoms with Crippen LogP contribution in [0.15, 0.2) is 0 Å². The van der Waals surface area contributed by atoms with E-state index in [0.29, 0.717) is 18.9 Å². The minimum atomic E-state index is 0.319. The van der Waals surface area contributed by atoms with Gasteiger partial charge in [0.05, 0.1) is 13.1 Å². The topological polar surface area (TPSA) is 26.8 Å². The lowest BCUT2D eigenvalue weighted by atomic mass is 10.3. The summed E-state index contributed by atoms with van der Waals surface area (Å²) in [5.41, 5.74) is 0. The van der Waals surface area contributed by atoms with Gasteiger partial charge in [-0.05, 0) is 21.1 Å². The highest BCUT2D eigenvalue weighted by molar-refractivity contribution is 5.82. The number of likely N-dealkylation sites (N-methyl/N-ethyl adjacent to an activating group) is 2. The van der Waals surface area contributed by atoms with Gasteiger partial charge >= 0.3 is 0 Å². The van der Waals surface area contributed by atoms with Crippen molar-refractivity contribution in [2.45, 2.75) is 0 Å². The van der Waals surface area contributed by atoms with E-state index >= 15 is 0 Å². The van der Waals surface area contributed by atoms with Gasteiger partial charge in [0, 0.05) is 26.2 Å². The maximum atomic E-state index is 11.5. The molecule has 0 spiro atoms. The van der Waals surface area contributed by atoms with Crippen molar-refractivity contribution in [2.24, 2.45) is 0 Å². The molecule has 1 heterocycles. The van der Waals surface area contributed by atoms with Gasteiger partial charge in [-0.1, -0.05) is 0 Å². The normalized spacial score (nSPS) is 20.3. The van der Waals surface area contributed by atoms with Crippen molar-refractivity contribution in [1.82, 2.24) is 14.7 Å². The molecule has 0 aliphatic carbocycles. The summed E-state index contributed by atoms with van der Waals surface area (Å²) in [4.78, 5) is 18.0. The van der Waals surface area contributed by atoms with Crippen LogP contribution in [0.25, 0.3) is 0 Å². The number of nitrogens with zero attached hydrogens (tertiary/aromatic N) is 3. The molecule has 1 aliphatic heterocycles. The van der Waals surface area contributed by atoms with Crippen LogP contribution in [-0.4, -0.2) is 80.9 Å². The van der Waals surface area contributed by atoms with Crippen LogP contribution < -0.4 is 0 Å². The summed E-state index contributed by atoms with van der Waals surface area (Å²) in [6.07, 6.45) is 0. The van der Waals surface area contributed by atoms with Crippen LogP contribution in [0.2, 0.25) is 0 Å². The average Bonchev–Trinajstić information content (AvgIpc) is 2.07. The van der Waals surface area contributed by atoms with Crippen LogP contribution >= 0.6 is 0 Å². The molecule has 82 valence electrons. The van der Waals surface area contributed by atoms with Gasteiger partial charge < -0.3 is 9.80 Å². The molecule has 0 atom stereocenters. The van der Waals surface area contributed by atoms with E-state index in [1.807, 2.05) is 19.0 Å². The second-order valence-corrected chi connectivity index (χ2v) is 4.36. The van der Waals surface area contributed by atoms with Crippen LogP contribution in [0.1, 0.15) is 0 Å². The molecule has 1 saturated heterocycles. The highest BCUT2D eigenvalue weighted by Gasteiger charge is 2.16. The lowest BCUT2D eigenvalue weighted by Gasteiger charge is -2.31. The SMILES string of the molecule is CN(C)CC(=O)CN1CCN(C)CC1. The zero-order chi connectivity index (χ0) is 10.6. The van der Waals surface area contributed by atoms with Crippen molar-refractivity contribution in [1.29, 1.82) is 0 Å². The first kappa shape index (κ1) is 11.6. The molecule has 0 saturated carbocycles. The number of ketones is 1. The molecule has 4 heteroatoms. The maximum Gasteiger partial charge on any atom is 0.160 e. The van der Waals surface area contributed by atoms with Gasteiger partial charge in [-0.2, -0.15) is 0 Å². The summed E-state index contributed by atoms with van der Waals surface area (Å²) in [6, 6.07) is 0. The zero-order valence-corrected chi connectivity index (χ0v) is 9.49. The molecule has 0 unspecified atom stereocenters. The minimum Gasteiger partial charge on any atom is -0.304 e. The lowest BCUT2D eigenvalue weighted by Crippen LogP contribution is -2.47. The number of carbonyl (C=O) groups excluding carboxylic acids is 1. The smallest absolute Gasteiger partial charge is 0.160 e. The van der Waals surface area contributed by atoms with Crippen molar-refractivity contribution >= 4 is 5.78 Å². The van der Waals surface area contributed by atoms with Crippen molar-refractivity contribution in [3.63, 3.8) is 0 Å². The Morgan fingerprint density at radius 2 is 1.79 bits per heavy atom. The van der Waals surface area contributed by atoms with E-state index < -0.39 is 0 Å². The molecular weight excluding hydrogens is 178 g/mol. The quantitative estimate of drug-likeness (QED) is 0.602. The third kappa shape index (κ3) is 4.17. The van der Waals surface area contributed by atoms with Gasteiger partial charge in [0.15, 0.2) is 5.78 Å². The van der Waals surface area contributed by atoms with E-state index in [9.17, 15) is 4.79 Å². The molecule has 1 rings (SSSR count). The summed E-state index contributed by atoms with van der Waals surface area (Å²) in [7, 11) is 5.99. The molecule has 0 aromatic rings. The fourth-order valence-corrected chi connectivity index (χ4v) is 1.66. The van der Waals surface area contributed by atoms with E-state index in [1.54, 1.807) is 0 Å². The standard InChI is InChI=1S/C10H21N3O/c1-11(2)8-10(14)9-13-6-4-12(3)5-7-13/h4-9H2,1-3H3. The summed E-state index contributed by atoms with van der Waals surface area (Å²) in [5.74, 6) is 0.319. The lowest BCUT2D eigenvalue weighted by molar-refractivity contribution is -0.121. The summed E-state index contributed by atoms with van der Waals surface area (Å²) in [5, 5.41) is 0. The van der Waals surface area contributed by atoms with Gasteiger partial charge in [0.1, 0.15) is 0 Å². The molecule has 1 fully saturated rings. The second-order valence-electron chi connectivity index (χ2n) is 4.36. The molecule has 4 nitrogen and oxygen atoms in total. The molecule has 0 radical (unpaired) electrons. The number of hydrogen-bond acceptors (Lipinski definition) is 4. The minimum absolute atomic E-state index is 0.319. The Hall–Kier alpha value is -0.450. The third-order valence-electron chi connectivity index (χ3n) is 2.49. The van der Waals surface area contributed by atoms with Gasteiger partial charge in [0.2, 0.25) is 0 Å². The molecule has 0 aromatic carbocycles. The van der Waals surface area contributed by atoms with Crippen molar-refractivity contribution in [3.05, 3.63) is 0 Å². The number of carbonyl (C=O) groups is 1. The first-order chi connectivity index (χ1) is 6.58. The average molecular weight is 199 g/mol. The van der Waals surface area contributed by atoms with Crippen molar-refractivity contribution in [2.75, 3.05) is 60.4 Å². The van der Waals surface area contributed by atoms with Gasteiger partial charge in [0.25, 0.3) is 0 Å². The zero-order valence-electron chi connectivity index (χ0n) is 9.49. The highest BCUT2D eigenvalue weighted by atomic mass is 16.1. The van der Waals surface area contributed by atoms with Crippen LogP contribution in [0.3, 0.4) is 0 Å². The largest absolute Gasteiger partial charge is 0.304 e. The number of rotatable bonds is 4. The van der Waals surface area contributed by atoms with Gasteiger partial charge in [-0.15, -0.1) is 0 Å². The predicted molar refractivity (Wildman–Crippen MR) is 57.5 cm³/mol. The van der Waals surface area contributed by atoms with E-state index in [2.05, 4.69) is 16.8 Å². The maximum absolute atomic E-state index is 11.5. The summed E-state index contributed by atoms with van der Waals surface area (Å²) < 4.78 is 0. The number of Topliss-reactive ketones (excluding diaryl/α,β-unsaturated/α-hetero) is 1. The Labute approximate surface area is 86.5 Å².